The molecule has 7 nitrogen and oxygen atoms in total. The van der Waals surface area contributed by atoms with Crippen molar-refractivity contribution in [2.45, 2.75) is 39.2 Å². The lowest BCUT2D eigenvalue weighted by Gasteiger charge is -2.52. The van der Waals surface area contributed by atoms with E-state index >= 15 is 0 Å². The fourth-order valence-corrected chi connectivity index (χ4v) is 5.11. The molecule has 32 heavy (non-hydrogen) atoms. The molecule has 2 aliphatic rings. The van der Waals surface area contributed by atoms with Crippen LogP contribution >= 0.6 is 11.6 Å². The number of aromatic nitrogens is 1. The van der Waals surface area contributed by atoms with Gasteiger partial charge in [-0.1, -0.05) is 25.4 Å². The molecule has 0 radical (unpaired) electrons. The van der Waals surface area contributed by atoms with Gasteiger partial charge in [0.15, 0.2) is 5.43 Å². The second kappa shape index (κ2) is 8.79. The Morgan fingerprint density at radius 3 is 2.72 bits per heavy atom. The molecule has 0 saturated carbocycles. The molecule has 1 saturated heterocycles. The highest BCUT2D eigenvalue weighted by atomic mass is 35.5. The molecular weight excluding hydrogens is 432 g/mol. The Balaban J connectivity index is 1.88. The first-order valence-corrected chi connectivity index (χ1v) is 11.2. The number of fused-ring (bicyclic) bond motifs is 6. The SMILES string of the molecule is COCCCOc1cc2c(cc1Cl)-c1cc(=O)c(C(=O)OC)cn1N1CCCC(C)(C)C21. The molecule has 0 spiro atoms. The van der Waals surface area contributed by atoms with E-state index in [0.717, 1.165) is 36.9 Å². The van der Waals surface area contributed by atoms with Crippen molar-refractivity contribution in [1.29, 1.82) is 0 Å². The Labute approximate surface area is 192 Å². The number of carbonyl (C=O) groups excluding carboxylic acids is 1. The van der Waals surface area contributed by atoms with E-state index in [1.807, 2.05) is 16.8 Å². The minimum atomic E-state index is -0.637. The van der Waals surface area contributed by atoms with Gasteiger partial charge >= 0.3 is 5.97 Å². The van der Waals surface area contributed by atoms with Crippen LogP contribution in [0.5, 0.6) is 5.75 Å². The summed E-state index contributed by atoms with van der Waals surface area (Å²) in [6.45, 7) is 6.41. The van der Waals surface area contributed by atoms with Crippen LogP contribution in [0, 0.1) is 5.41 Å². The van der Waals surface area contributed by atoms with Crippen LogP contribution < -0.4 is 15.2 Å². The van der Waals surface area contributed by atoms with E-state index in [1.165, 1.54) is 13.2 Å². The summed E-state index contributed by atoms with van der Waals surface area (Å²) < 4.78 is 17.8. The molecule has 0 aliphatic carbocycles. The molecule has 3 heterocycles. The number of halogens is 1. The molecule has 172 valence electrons. The van der Waals surface area contributed by atoms with Gasteiger partial charge in [-0.05, 0) is 36.0 Å². The minimum absolute atomic E-state index is 0.0195. The van der Waals surface area contributed by atoms with Gasteiger partial charge in [0.1, 0.15) is 11.3 Å². The zero-order valence-electron chi connectivity index (χ0n) is 18.9. The smallest absolute Gasteiger partial charge is 0.343 e. The number of piperidine rings is 1. The van der Waals surface area contributed by atoms with E-state index in [0.29, 0.717) is 29.7 Å². The molecule has 1 fully saturated rings. The summed E-state index contributed by atoms with van der Waals surface area (Å²) in [4.78, 5) is 24.9. The van der Waals surface area contributed by atoms with Gasteiger partial charge in [0.05, 0.1) is 30.5 Å². The Hall–Kier alpha value is -2.51. The van der Waals surface area contributed by atoms with Crippen molar-refractivity contribution in [2.75, 3.05) is 39.0 Å². The van der Waals surface area contributed by atoms with Crippen molar-refractivity contribution < 1.29 is 19.0 Å². The molecular formula is C24H29ClN2O5. The average Bonchev–Trinajstić information content (AvgIpc) is 2.76. The van der Waals surface area contributed by atoms with Crippen molar-refractivity contribution in [3.63, 3.8) is 0 Å². The molecule has 4 rings (SSSR count). The molecule has 2 aromatic rings. The zero-order valence-corrected chi connectivity index (χ0v) is 19.7. The number of rotatable bonds is 6. The number of ether oxygens (including phenoxy) is 3. The van der Waals surface area contributed by atoms with E-state index < -0.39 is 5.97 Å². The Bertz CT molecular complexity index is 1090. The second-order valence-corrected chi connectivity index (χ2v) is 9.40. The summed E-state index contributed by atoms with van der Waals surface area (Å²) in [6, 6.07) is 5.41. The number of hydrogen-bond donors (Lipinski definition) is 0. The number of pyridine rings is 1. The lowest BCUT2D eigenvalue weighted by atomic mass is 9.72. The quantitative estimate of drug-likeness (QED) is 0.475. The fraction of sp³-hybridized carbons (Fsp3) is 0.500. The van der Waals surface area contributed by atoms with Crippen LogP contribution in [0.15, 0.2) is 29.2 Å². The van der Waals surface area contributed by atoms with Crippen LogP contribution in [-0.2, 0) is 9.47 Å². The van der Waals surface area contributed by atoms with Crippen molar-refractivity contribution >= 4 is 17.6 Å². The number of esters is 1. The molecule has 2 aliphatic heterocycles. The summed E-state index contributed by atoms with van der Waals surface area (Å²) in [6.07, 6.45) is 4.43. The van der Waals surface area contributed by atoms with Gasteiger partial charge < -0.3 is 19.2 Å². The van der Waals surface area contributed by atoms with Crippen molar-refractivity contribution in [3.8, 4) is 17.0 Å². The van der Waals surface area contributed by atoms with Crippen LogP contribution in [-0.4, -0.2) is 44.6 Å². The molecule has 1 aromatic carbocycles. The predicted molar refractivity (Wildman–Crippen MR) is 123 cm³/mol. The Morgan fingerprint density at radius 1 is 1.22 bits per heavy atom. The molecule has 1 unspecified atom stereocenters. The summed E-state index contributed by atoms with van der Waals surface area (Å²) in [5, 5.41) is 2.72. The molecule has 0 amide bonds. The van der Waals surface area contributed by atoms with Gasteiger partial charge in [-0.2, -0.15) is 0 Å². The van der Waals surface area contributed by atoms with E-state index in [2.05, 4.69) is 18.9 Å². The maximum atomic E-state index is 12.7. The van der Waals surface area contributed by atoms with E-state index in [1.54, 1.807) is 13.3 Å². The van der Waals surface area contributed by atoms with Crippen LogP contribution in [0.2, 0.25) is 5.02 Å². The maximum absolute atomic E-state index is 12.7. The lowest BCUT2D eigenvalue weighted by Crippen LogP contribution is -2.52. The topological polar surface area (TPSA) is 70.0 Å². The van der Waals surface area contributed by atoms with E-state index in [-0.39, 0.29) is 22.4 Å². The van der Waals surface area contributed by atoms with Crippen LogP contribution in [0.1, 0.15) is 55.1 Å². The molecule has 0 bridgehead atoms. The summed E-state index contributed by atoms with van der Waals surface area (Å²) >= 11 is 6.60. The first-order chi connectivity index (χ1) is 15.3. The maximum Gasteiger partial charge on any atom is 0.343 e. The second-order valence-electron chi connectivity index (χ2n) is 9.00. The molecule has 1 atom stereocenters. The van der Waals surface area contributed by atoms with E-state index in [4.69, 9.17) is 25.8 Å². The molecule has 0 N–H and O–H groups in total. The van der Waals surface area contributed by atoms with Crippen molar-refractivity contribution in [1.82, 2.24) is 4.68 Å². The minimum Gasteiger partial charge on any atom is -0.492 e. The number of nitrogens with zero attached hydrogens (tertiary/aromatic N) is 2. The highest BCUT2D eigenvalue weighted by molar-refractivity contribution is 6.32. The van der Waals surface area contributed by atoms with Crippen LogP contribution in [0.4, 0.5) is 0 Å². The van der Waals surface area contributed by atoms with Crippen LogP contribution in [0.25, 0.3) is 11.3 Å². The van der Waals surface area contributed by atoms with Gasteiger partial charge in [0.2, 0.25) is 0 Å². The van der Waals surface area contributed by atoms with Crippen LogP contribution in [0.3, 0.4) is 0 Å². The Morgan fingerprint density at radius 2 is 2.00 bits per heavy atom. The number of benzene rings is 1. The third kappa shape index (κ3) is 3.88. The van der Waals surface area contributed by atoms with Gasteiger partial charge in [0.25, 0.3) is 0 Å². The number of carbonyl (C=O) groups is 1. The normalized spacial score (nSPS) is 18.4. The van der Waals surface area contributed by atoms with Gasteiger partial charge in [-0.3, -0.25) is 9.47 Å². The summed E-state index contributed by atoms with van der Waals surface area (Å²) in [5.74, 6) is -0.00780. The number of methoxy groups -OCH3 is 2. The van der Waals surface area contributed by atoms with Crippen molar-refractivity contribution in [2.24, 2.45) is 5.41 Å². The molecule has 8 heteroatoms. The zero-order chi connectivity index (χ0) is 23.0. The van der Waals surface area contributed by atoms with Gasteiger partial charge in [0, 0.05) is 44.5 Å². The standard InChI is InChI=1S/C24H29ClN2O5/c1-24(2)7-5-8-26-22(24)16-12-21(32-10-6-9-30-3)18(25)11-15(16)19-13-20(28)17(14-27(19)26)23(29)31-4/h11-14,22H,5-10H2,1-4H3. The monoisotopic (exact) mass is 460 g/mol. The van der Waals surface area contributed by atoms with Crippen molar-refractivity contribution in [3.05, 3.63) is 50.8 Å². The first-order valence-electron chi connectivity index (χ1n) is 10.9. The number of hydrogen-bond acceptors (Lipinski definition) is 6. The Kier molecular flexibility index (Phi) is 6.23. The van der Waals surface area contributed by atoms with Gasteiger partial charge in [-0.25, -0.2) is 4.79 Å². The fourth-order valence-electron chi connectivity index (χ4n) is 4.89. The third-order valence-electron chi connectivity index (χ3n) is 6.39. The summed E-state index contributed by atoms with van der Waals surface area (Å²) in [7, 11) is 2.94. The lowest BCUT2D eigenvalue weighted by molar-refractivity contribution is 0.0598. The highest BCUT2D eigenvalue weighted by Crippen LogP contribution is 2.51. The first kappa shape index (κ1) is 22.7. The third-order valence-corrected chi connectivity index (χ3v) is 6.68. The highest BCUT2D eigenvalue weighted by Gasteiger charge is 2.44. The predicted octanol–water partition coefficient (Wildman–Crippen LogP) is 4.18. The van der Waals surface area contributed by atoms with E-state index in [9.17, 15) is 9.59 Å². The average molecular weight is 461 g/mol. The molecule has 1 aromatic heterocycles. The summed E-state index contributed by atoms with van der Waals surface area (Å²) in [5.41, 5.74) is 2.26. The largest absolute Gasteiger partial charge is 0.492 e. The van der Waals surface area contributed by atoms with Gasteiger partial charge in [-0.15, -0.1) is 0 Å².